The molecule has 3 N–H and O–H groups in total. The lowest BCUT2D eigenvalue weighted by Gasteiger charge is -2.17. The van der Waals surface area contributed by atoms with Gasteiger partial charge < -0.3 is 24.5 Å². The van der Waals surface area contributed by atoms with E-state index in [0.717, 1.165) is 22.9 Å². The van der Waals surface area contributed by atoms with E-state index < -0.39 is 0 Å². The van der Waals surface area contributed by atoms with Gasteiger partial charge in [0.25, 0.3) is 0 Å². The van der Waals surface area contributed by atoms with Gasteiger partial charge in [0.05, 0.1) is 29.5 Å². The zero-order valence-corrected chi connectivity index (χ0v) is 15.5. The third kappa shape index (κ3) is 3.49. The molecule has 2 aliphatic rings. The number of nitrogens with zero attached hydrogens (tertiary/aromatic N) is 2. The summed E-state index contributed by atoms with van der Waals surface area (Å²) in [5, 5.41) is 7.69. The number of thiophene rings is 1. The molecule has 0 bridgehead atoms. The molecule has 0 radical (unpaired) electrons. The van der Waals surface area contributed by atoms with E-state index in [0.29, 0.717) is 19.2 Å². The molecule has 0 spiro atoms. The van der Waals surface area contributed by atoms with Gasteiger partial charge in [0, 0.05) is 6.20 Å². The van der Waals surface area contributed by atoms with Crippen molar-refractivity contribution in [2.24, 2.45) is 0 Å². The Balaban J connectivity index is 1.22. The average molecular weight is 385 g/mol. The quantitative estimate of drug-likeness (QED) is 0.669. The Hall–Kier alpha value is -2.26. The fourth-order valence-electron chi connectivity index (χ4n) is 3.71. The van der Waals surface area contributed by atoms with Gasteiger partial charge in [-0.15, -0.1) is 11.3 Å². The Labute approximate surface area is 160 Å². The molecule has 5 rings (SSSR count). The molecule has 8 heteroatoms. The summed E-state index contributed by atoms with van der Waals surface area (Å²) in [6, 6.07) is 10.2. The van der Waals surface area contributed by atoms with E-state index in [1.807, 2.05) is 29.6 Å². The summed E-state index contributed by atoms with van der Waals surface area (Å²) in [5.41, 5.74) is 0.926. The Morgan fingerprint density at radius 3 is 2.96 bits per heavy atom. The van der Waals surface area contributed by atoms with Crippen LogP contribution in [0.15, 0.2) is 52.6 Å². The van der Waals surface area contributed by atoms with Crippen molar-refractivity contribution in [2.75, 3.05) is 18.5 Å². The first-order chi connectivity index (χ1) is 13.4. The van der Waals surface area contributed by atoms with Crippen LogP contribution in [0.4, 0.5) is 5.95 Å². The van der Waals surface area contributed by atoms with Crippen LogP contribution in [-0.4, -0.2) is 47.5 Å². The summed E-state index contributed by atoms with van der Waals surface area (Å²) < 4.78 is 17.5. The number of furan rings is 1. The van der Waals surface area contributed by atoms with Crippen LogP contribution in [0.25, 0.3) is 10.6 Å². The van der Waals surface area contributed by atoms with Gasteiger partial charge in [-0.3, -0.25) is 0 Å². The molecule has 0 aliphatic carbocycles. The number of hydrogen-bond donors (Lipinski definition) is 2. The topological polar surface area (TPSA) is 86.0 Å². The Morgan fingerprint density at radius 1 is 1.15 bits per heavy atom. The van der Waals surface area contributed by atoms with Crippen molar-refractivity contribution in [3.8, 4) is 10.6 Å². The standard InChI is InChI=1S/C19H20N4O3S/c1-3-12(24-7-1)9-21-14-10-25-18-15(11-26-17(14)18)23-19-20-6-5-13(22-19)16-4-2-8-27-16/h1-8,14-15,17-18,21H,9-11H2,(H,20,22,23)/p+1/t14-,15-,17+,18+/m0/s1. The molecule has 2 aliphatic heterocycles. The number of hydrogen-bond acceptors (Lipinski definition) is 7. The highest BCUT2D eigenvalue weighted by Crippen LogP contribution is 2.28. The van der Waals surface area contributed by atoms with Crippen LogP contribution < -0.4 is 10.6 Å². The summed E-state index contributed by atoms with van der Waals surface area (Å²) in [6.45, 7) is 2.05. The number of fused-ring (bicyclic) bond motifs is 1. The predicted molar refractivity (Wildman–Crippen MR) is 100 cm³/mol. The van der Waals surface area contributed by atoms with Crippen molar-refractivity contribution in [3.05, 3.63) is 53.9 Å². The minimum atomic E-state index is 0.0110. The van der Waals surface area contributed by atoms with Crippen LogP contribution in [0.5, 0.6) is 0 Å². The number of nitrogens with two attached hydrogens (primary N) is 1. The third-order valence-electron chi connectivity index (χ3n) is 5.04. The number of rotatable bonds is 6. The first-order valence-electron chi connectivity index (χ1n) is 9.09. The maximum atomic E-state index is 6.04. The molecule has 140 valence electrons. The Kier molecular flexibility index (Phi) is 4.62. The number of ether oxygens (including phenoxy) is 2. The molecule has 27 heavy (non-hydrogen) atoms. The van der Waals surface area contributed by atoms with E-state index in [1.165, 1.54) is 0 Å². The van der Waals surface area contributed by atoms with E-state index in [1.54, 1.807) is 23.8 Å². The molecule has 3 aromatic rings. The Bertz CT molecular complexity index is 871. The summed E-state index contributed by atoms with van der Waals surface area (Å²) in [7, 11) is 0. The average Bonchev–Trinajstić information content (AvgIpc) is 3.47. The summed E-state index contributed by atoms with van der Waals surface area (Å²) >= 11 is 1.67. The fraction of sp³-hybridized carbons (Fsp3) is 0.368. The Morgan fingerprint density at radius 2 is 2.11 bits per heavy atom. The second-order valence-corrected chi connectivity index (χ2v) is 7.72. The van der Waals surface area contributed by atoms with Crippen molar-refractivity contribution in [2.45, 2.75) is 30.8 Å². The van der Waals surface area contributed by atoms with Gasteiger partial charge in [0.1, 0.15) is 31.4 Å². The lowest BCUT2D eigenvalue weighted by molar-refractivity contribution is -0.709. The molecule has 0 amide bonds. The molecule has 2 saturated heterocycles. The second-order valence-electron chi connectivity index (χ2n) is 6.77. The normalized spacial score (nSPS) is 27.0. The number of aromatic nitrogens is 2. The van der Waals surface area contributed by atoms with Gasteiger partial charge in [-0.1, -0.05) is 6.07 Å². The van der Waals surface area contributed by atoms with Crippen LogP contribution in [0.3, 0.4) is 0 Å². The molecule has 3 aromatic heterocycles. The van der Waals surface area contributed by atoms with E-state index >= 15 is 0 Å². The largest absolute Gasteiger partial charge is 0.463 e. The van der Waals surface area contributed by atoms with Crippen LogP contribution in [0.2, 0.25) is 0 Å². The molecule has 4 atom stereocenters. The van der Waals surface area contributed by atoms with Gasteiger partial charge in [-0.2, -0.15) is 0 Å². The van der Waals surface area contributed by atoms with Gasteiger partial charge >= 0.3 is 0 Å². The lowest BCUT2D eigenvalue weighted by Crippen LogP contribution is -2.91. The van der Waals surface area contributed by atoms with Crippen molar-refractivity contribution in [3.63, 3.8) is 0 Å². The number of nitrogens with one attached hydrogen (secondary N) is 1. The van der Waals surface area contributed by atoms with Crippen molar-refractivity contribution >= 4 is 17.3 Å². The number of quaternary nitrogens is 1. The monoisotopic (exact) mass is 385 g/mol. The van der Waals surface area contributed by atoms with Crippen LogP contribution in [0.1, 0.15) is 5.76 Å². The SMILES string of the molecule is c1coc(C[NH2+][C@H]2CO[C@H]3[C@@H]2OC[C@@H]3Nc2nccc(-c3cccs3)n2)c1. The van der Waals surface area contributed by atoms with Gasteiger partial charge in [0.15, 0.2) is 5.76 Å². The maximum absolute atomic E-state index is 6.04. The summed E-state index contributed by atoms with van der Waals surface area (Å²) in [4.78, 5) is 10.1. The van der Waals surface area contributed by atoms with Crippen molar-refractivity contribution < 1.29 is 19.2 Å². The summed E-state index contributed by atoms with van der Waals surface area (Å²) in [5.74, 6) is 1.58. The smallest absolute Gasteiger partial charge is 0.223 e. The van der Waals surface area contributed by atoms with Crippen LogP contribution in [-0.2, 0) is 16.0 Å². The highest BCUT2D eigenvalue weighted by Gasteiger charge is 2.50. The van der Waals surface area contributed by atoms with Crippen molar-refractivity contribution in [1.29, 1.82) is 0 Å². The van der Waals surface area contributed by atoms with Gasteiger partial charge in [-0.05, 0) is 29.6 Å². The minimum Gasteiger partial charge on any atom is -0.463 e. The van der Waals surface area contributed by atoms with E-state index in [9.17, 15) is 0 Å². The first-order valence-corrected chi connectivity index (χ1v) is 9.97. The fourth-order valence-corrected chi connectivity index (χ4v) is 4.40. The molecule has 5 heterocycles. The second kappa shape index (κ2) is 7.40. The van der Waals surface area contributed by atoms with E-state index in [2.05, 4.69) is 26.7 Å². The molecular weight excluding hydrogens is 364 g/mol. The van der Waals surface area contributed by atoms with E-state index in [-0.39, 0.29) is 24.3 Å². The molecular formula is C19H21N4O3S+. The maximum Gasteiger partial charge on any atom is 0.223 e. The lowest BCUT2D eigenvalue weighted by atomic mass is 10.1. The first kappa shape index (κ1) is 16.9. The summed E-state index contributed by atoms with van der Waals surface area (Å²) in [6.07, 6.45) is 3.57. The molecule has 0 saturated carbocycles. The molecule has 0 unspecified atom stereocenters. The van der Waals surface area contributed by atoms with Gasteiger partial charge in [0.2, 0.25) is 5.95 Å². The molecule has 7 nitrogen and oxygen atoms in total. The molecule has 0 aromatic carbocycles. The highest BCUT2D eigenvalue weighted by molar-refractivity contribution is 7.13. The molecule has 2 fully saturated rings. The van der Waals surface area contributed by atoms with Gasteiger partial charge in [-0.25, -0.2) is 9.97 Å². The van der Waals surface area contributed by atoms with Crippen LogP contribution >= 0.6 is 11.3 Å². The van der Waals surface area contributed by atoms with Crippen LogP contribution in [0, 0.1) is 0 Å². The van der Waals surface area contributed by atoms with Crippen molar-refractivity contribution in [1.82, 2.24) is 9.97 Å². The predicted octanol–water partition coefficient (Wildman–Crippen LogP) is 1.51. The zero-order valence-electron chi connectivity index (χ0n) is 14.7. The third-order valence-corrected chi connectivity index (χ3v) is 5.93. The number of anilines is 1. The zero-order chi connectivity index (χ0) is 18.1. The highest BCUT2D eigenvalue weighted by atomic mass is 32.1. The minimum absolute atomic E-state index is 0.0110. The van der Waals surface area contributed by atoms with E-state index in [4.69, 9.17) is 13.9 Å².